The van der Waals surface area contributed by atoms with E-state index in [9.17, 15) is 4.39 Å². The minimum Gasteiger partial charge on any atom is -0.497 e. The standard InChI is InChI=1S/C25H25FN2O3/c1-29-21-5-2-17-3-6-22(15-19(17)14-21)30-13-12-28-10-8-18(9-11-28)25-23-7-4-20(26)16-24(23)31-27-25/h2-7,14-16,18H,8-13H2,1H3. The Labute approximate surface area is 180 Å². The first kappa shape index (κ1) is 19.8. The summed E-state index contributed by atoms with van der Waals surface area (Å²) in [6.45, 7) is 3.50. The molecule has 1 fully saturated rings. The van der Waals surface area contributed by atoms with Crippen LogP contribution in [0.15, 0.2) is 59.1 Å². The van der Waals surface area contributed by atoms with Gasteiger partial charge in [-0.15, -0.1) is 0 Å². The quantitative estimate of drug-likeness (QED) is 0.419. The van der Waals surface area contributed by atoms with E-state index in [1.54, 1.807) is 13.2 Å². The van der Waals surface area contributed by atoms with E-state index in [1.165, 1.54) is 17.5 Å². The summed E-state index contributed by atoms with van der Waals surface area (Å²) in [7, 11) is 1.68. The van der Waals surface area contributed by atoms with E-state index in [4.69, 9.17) is 14.0 Å². The van der Waals surface area contributed by atoms with Crippen LogP contribution in [0.1, 0.15) is 24.5 Å². The second kappa shape index (κ2) is 8.55. The van der Waals surface area contributed by atoms with Crippen LogP contribution in [0.5, 0.6) is 11.5 Å². The molecule has 0 spiro atoms. The molecule has 160 valence electrons. The van der Waals surface area contributed by atoms with Gasteiger partial charge in [0.15, 0.2) is 5.58 Å². The van der Waals surface area contributed by atoms with E-state index in [0.29, 0.717) is 18.1 Å². The minimum atomic E-state index is -0.296. The number of aromatic nitrogens is 1. The normalized spacial score (nSPS) is 15.5. The number of fused-ring (bicyclic) bond motifs is 2. The fourth-order valence-electron chi connectivity index (χ4n) is 4.37. The Morgan fingerprint density at radius 3 is 2.58 bits per heavy atom. The Morgan fingerprint density at radius 1 is 1.00 bits per heavy atom. The zero-order chi connectivity index (χ0) is 21.2. The van der Waals surface area contributed by atoms with Crippen molar-refractivity contribution in [1.29, 1.82) is 0 Å². The number of halogens is 1. The van der Waals surface area contributed by atoms with Gasteiger partial charge in [-0.1, -0.05) is 17.3 Å². The zero-order valence-corrected chi connectivity index (χ0v) is 17.5. The molecule has 0 amide bonds. The van der Waals surface area contributed by atoms with Crippen LogP contribution in [0.25, 0.3) is 21.7 Å². The predicted molar refractivity (Wildman–Crippen MR) is 118 cm³/mol. The number of hydrogen-bond donors (Lipinski definition) is 0. The second-order valence-electron chi connectivity index (χ2n) is 8.05. The lowest BCUT2D eigenvalue weighted by molar-refractivity contribution is 0.172. The van der Waals surface area contributed by atoms with Crippen molar-refractivity contribution in [2.24, 2.45) is 0 Å². The van der Waals surface area contributed by atoms with Gasteiger partial charge in [0.2, 0.25) is 0 Å². The molecule has 0 aliphatic carbocycles. The first-order chi connectivity index (χ1) is 15.2. The molecule has 5 nitrogen and oxygen atoms in total. The molecule has 1 aliphatic rings. The summed E-state index contributed by atoms with van der Waals surface area (Å²) in [5.41, 5.74) is 1.48. The van der Waals surface area contributed by atoms with Crippen molar-refractivity contribution in [2.75, 3.05) is 33.4 Å². The summed E-state index contributed by atoms with van der Waals surface area (Å²) in [5.74, 6) is 1.77. The van der Waals surface area contributed by atoms with Crippen LogP contribution in [0, 0.1) is 5.82 Å². The van der Waals surface area contributed by atoms with Crippen molar-refractivity contribution in [3.05, 3.63) is 66.1 Å². The maximum absolute atomic E-state index is 13.4. The third kappa shape index (κ3) is 4.21. The van der Waals surface area contributed by atoms with Gasteiger partial charge >= 0.3 is 0 Å². The Hall–Kier alpha value is -3.12. The van der Waals surface area contributed by atoms with Crippen molar-refractivity contribution in [1.82, 2.24) is 10.1 Å². The van der Waals surface area contributed by atoms with Crippen molar-refractivity contribution in [3.8, 4) is 11.5 Å². The van der Waals surface area contributed by atoms with Crippen LogP contribution in [0.2, 0.25) is 0 Å². The van der Waals surface area contributed by atoms with Gasteiger partial charge in [0.1, 0.15) is 23.9 Å². The summed E-state index contributed by atoms with van der Waals surface area (Å²) < 4.78 is 30.0. The first-order valence-electron chi connectivity index (χ1n) is 10.7. The van der Waals surface area contributed by atoms with Crippen LogP contribution in [-0.4, -0.2) is 43.4 Å². The molecule has 0 unspecified atom stereocenters. The summed E-state index contributed by atoms with van der Waals surface area (Å²) >= 11 is 0. The molecule has 4 aromatic rings. The predicted octanol–water partition coefficient (Wildman–Crippen LogP) is 5.39. The lowest BCUT2D eigenvalue weighted by atomic mass is 9.91. The van der Waals surface area contributed by atoms with Crippen LogP contribution < -0.4 is 9.47 Å². The van der Waals surface area contributed by atoms with Gasteiger partial charge < -0.3 is 14.0 Å². The molecule has 6 heteroatoms. The Balaban J connectivity index is 1.15. The number of piperidine rings is 1. The average molecular weight is 420 g/mol. The van der Waals surface area contributed by atoms with Crippen LogP contribution in [0.4, 0.5) is 4.39 Å². The number of rotatable bonds is 6. The highest BCUT2D eigenvalue weighted by Crippen LogP contribution is 2.32. The highest BCUT2D eigenvalue weighted by Gasteiger charge is 2.25. The number of ether oxygens (including phenoxy) is 2. The third-order valence-corrected chi connectivity index (χ3v) is 6.13. The van der Waals surface area contributed by atoms with Crippen molar-refractivity contribution in [3.63, 3.8) is 0 Å². The summed E-state index contributed by atoms with van der Waals surface area (Å²) in [6, 6.07) is 16.8. The number of nitrogens with zero attached hydrogens (tertiary/aromatic N) is 2. The number of benzene rings is 3. The molecule has 3 aromatic carbocycles. The van der Waals surface area contributed by atoms with Crippen molar-refractivity contribution < 1.29 is 18.4 Å². The van der Waals surface area contributed by atoms with Crippen molar-refractivity contribution >= 4 is 21.7 Å². The highest BCUT2D eigenvalue weighted by molar-refractivity contribution is 5.85. The van der Waals surface area contributed by atoms with Gasteiger partial charge in [0.25, 0.3) is 0 Å². The molecule has 1 aromatic heterocycles. The van der Waals surface area contributed by atoms with E-state index in [1.807, 2.05) is 18.2 Å². The highest BCUT2D eigenvalue weighted by atomic mass is 19.1. The Bertz CT molecular complexity index is 1200. The third-order valence-electron chi connectivity index (χ3n) is 6.13. The molecule has 0 radical (unpaired) electrons. The van der Waals surface area contributed by atoms with Gasteiger partial charge in [-0.2, -0.15) is 0 Å². The maximum Gasteiger partial charge on any atom is 0.170 e. The summed E-state index contributed by atoms with van der Waals surface area (Å²) in [6.07, 6.45) is 2.02. The Kier molecular flexibility index (Phi) is 5.47. The van der Waals surface area contributed by atoms with Crippen molar-refractivity contribution in [2.45, 2.75) is 18.8 Å². The number of methoxy groups -OCH3 is 1. The van der Waals surface area contributed by atoms with Crippen LogP contribution in [-0.2, 0) is 0 Å². The lowest BCUT2D eigenvalue weighted by Gasteiger charge is -2.31. The fourth-order valence-corrected chi connectivity index (χ4v) is 4.37. The van der Waals surface area contributed by atoms with Gasteiger partial charge in [-0.05, 0) is 73.1 Å². The molecule has 1 aliphatic heterocycles. The number of likely N-dealkylation sites (tertiary alicyclic amines) is 1. The van der Waals surface area contributed by atoms with E-state index >= 15 is 0 Å². The SMILES string of the molecule is COc1ccc2ccc(OCCN3CCC(c4noc5cc(F)ccc45)CC3)cc2c1. The topological polar surface area (TPSA) is 47.7 Å². The maximum atomic E-state index is 13.4. The Morgan fingerprint density at radius 2 is 1.77 bits per heavy atom. The molecule has 0 saturated carbocycles. The van der Waals surface area contributed by atoms with Crippen LogP contribution >= 0.6 is 0 Å². The monoisotopic (exact) mass is 420 g/mol. The minimum absolute atomic E-state index is 0.296. The first-order valence-corrected chi connectivity index (χ1v) is 10.7. The van der Waals surface area contributed by atoms with Gasteiger partial charge in [-0.3, -0.25) is 4.90 Å². The smallest absolute Gasteiger partial charge is 0.170 e. The van der Waals surface area contributed by atoms with Gasteiger partial charge in [0.05, 0.1) is 12.8 Å². The van der Waals surface area contributed by atoms with Gasteiger partial charge in [-0.25, -0.2) is 4.39 Å². The second-order valence-corrected chi connectivity index (χ2v) is 8.05. The lowest BCUT2D eigenvalue weighted by Crippen LogP contribution is -2.36. The molecule has 2 heterocycles. The molecule has 31 heavy (non-hydrogen) atoms. The molecule has 1 saturated heterocycles. The van der Waals surface area contributed by atoms with E-state index in [2.05, 4.69) is 28.3 Å². The number of hydrogen-bond acceptors (Lipinski definition) is 5. The van der Waals surface area contributed by atoms with E-state index in [-0.39, 0.29) is 5.82 Å². The van der Waals surface area contributed by atoms with E-state index in [0.717, 1.165) is 60.4 Å². The summed E-state index contributed by atoms with van der Waals surface area (Å²) in [4.78, 5) is 2.42. The largest absolute Gasteiger partial charge is 0.497 e. The summed E-state index contributed by atoms with van der Waals surface area (Å²) in [5, 5.41) is 7.43. The molecule has 0 N–H and O–H groups in total. The van der Waals surface area contributed by atoms with Gasteiger partial charge in [0, 0.05) is 23.9 Å². The van der Waals surface area contributed by atoms with E-state index < -0.39 is 0 Å². The average Bonchev–Trinajstić information content (AvgIpc) is 3.22. The fraction of sp³-hybridized carbons (Fsp3) is 0.320. The molecular formula is C25H25FN2O3. The zero-order valence-electron chi connectivity index (χ0n) is 17.5. The van der Waals surface area contributed by atoms with Crippen LogP contribution in [0.3, 0.4) is 0 Å². The molecule has 0 atom stereocenters. The molecule has 0 bridgehead atoms. The molecule has 5 rings (SSSR count). The molecular weight excluding hydrogens is 395 g/mol.